The standard InChI is InChI=1S/C11H17NO2/c1-8(12)11(2,13)9-6-4-5-7-10(9)14-3/h4-8,13H,12H2,1-3H3/t8-,11-/m1/s1. The van der Waals surface area contributed by atoms with Crippen molar-refractivity contribution >= 4 is 0 Å². The summed E-state index contributed by atoms with van der Waals surface area (Å²) in [5.74, 6) is 0.662. The van der Waals surface area contributed by atoms with Gasteiger partial charge in [0.25, 0.3) is 0 Å². The largest absolute Gasteiger partial charge is 0.496 e. The van der Waals surface area contributed by atoms with Crippen molar-refractivity contribution in [3.05, 3.63) is 29.8 Å². The van der Waals surface area contributed by atoms with E-state index in [9.17, 15) is 5.11 Å². The maximum absolute atomic E-state index is 10.2. The van der Waals surface area contributed by atoms with Gasteiger partial charge in [-0.2, -0.15) is 0 Å². The molecule has 1 aromatic carbocycles. The summed E-state index contributed by atoms with van der Waals surface area (Å²) < 4.78 is 5.17. The zero-order valence-electron chi connectivity index (χ0n) is 8.82. The van der Waals surface area contributed by atoms with Crippen molar-refractivity contribution in [2.45, 2.75) is 25.5 Å². The molecule has 0 aliphatic rings. The molecule has 2 atom stereocenters. The second-order valence-electron chi connectivity index (χ2n) is 3.64. The van der Waals surface area contributed by atoms with Crippen molar-refractivity contribution in [1.82, 2.24) is 0 Å². The summed E-state index contributed by atoms with van der Waals surface area (Å²) in [4.78, 5) is 0. The number of rotatable bonds is 3. The number of ether oxygens (including phenoxy) is 1. The summed E-state index contributed by atoms with van der Waals surface area (Å²) in [5, 5.41) is 10.2. The van der Waals surface area contributed by atoms with Gasteiger partial charge in [0.1, 0.15) is 11.4 Å². The van der Waals surface area contributed by atoms with E-state index in [0.717, 1.165) is 5.56 Å². The molecule has 0 radical (unpaired) electrons. The molecule has 0 unspecified atom stereocenters. The molecule has 0 fully saturated rings. The smallest absolute Gasteiger partial charge is 0.124 e. The topological polar surface area (TPSA) is 55.5 Å². The molecule has 0 amide bonds. The van der Waals surface area contributed by atoms with Crippen LogP contribution in [0, 0.1) is 0 Å². The molecule has 14 heavy (non-hydrogen) atoms. The van der Waals surface area contributed by atoms with Gasteiger partial charge in [0, 0.05) is 11.6 Å². The third-order valence-electron chi connectivity index (χ3n) is 2.54. The molecule has 3 N–H and O–H groups in total. The van der Waals surface area contributed by atoms with Crippen LogP contribution in [0.3, 0.4) is 0 Å². The molecule has 0 saturated heterocycles. The van der Waals surface area contributed by atoms with Crippen molar-refractivity contribution in [3.8, 4) is 5.75 Å². The van der Waals surface area contributed by atoms with Crippen LogP contribution in [0.2, 0.25) is 0 Å². The normalized spacial score (nSPS) is 17.2. The van der Waals surface area contributed by atoms with Crippen LogP contribution in [0.25, 0.3) is 0 Å². The SMILES string of the molecule is COc1ccccc1[C@](C)(O)[C@@H](C)N. The van der Waals surface area contributed by atoms with E-state index >= 15 is 0 Å². The lowest BCUT2D eigenvalue weighted by atomic mass is 9.89. The molecule has 3 nitrogen and oxygen atoms in total. The number of hydrogen-bond donors (Lipinski definition) is 2. The van der Waals surface area contributed by atoms with Crippen LogP contribution in [-0.4, -0.2) is 18.3 Å². The number of hydrogen-bond acceptors (Lipinski definition) is 3. The maximum Gasteiger partial charge on any atom is 0.124 e. The van der Waals surface area contributed by atoms with Gasteiger partial charge in [-0.1, -0.05) is 18.2 Å². The Kier molecular flexibility index (Phi) is 3.13. The highest BCUT2D eigenvalue weighted by Gasteiger charge is 2.30. The highest BCUT2D eigenvalue weighted by atomic mass is 16.5. The molecule has 0 heterocycles. The lowest BCUT2D eigenvalue weighted by molar-refractivity contribution is 0.0325. The van der Waals surface area contributed by atoms with Gasteiger partial charge in [-0.25, -0.2) is 0 Å². The van der Waals surface area contributed by atoms with Crippen LogP contribution in [0.4, 0.5) is 0 Å². The summed E-state index contributed by atoms with van der Waals surface area (Å²) in [6.07, 6.45) is 0. The van der Waals surface area contributed by atoms with E-state index in [1.165, 1.54) is 0 Å². The van der Waals surface area contributed by atoms with Crippen LogP contribution in [0.5, 0.6) is 5.75 Å². The monoisotopic (exact) mass is 195 g/mol. The third-order valence-corrected chi connectivity index (χ3v) is 2.54. The fourth-order valence-corrected chi connectivity index (χ4v) is 1.31. The van der Waals surface area contributed by atoms with Crippen molar-refractivity contribution in [2.75, 3.05) is 7.11 Å². The van der Waals surface area contributed by atoms with Gasteiger partial charge in [-0.05, 0) is 19.9 Å². The highest BCUT2D eigenvalue weighted by Crippen LogP contribution is 2.31. The number of nitrogens with two attached hydrogens (primary N) is 1. The van der Waals surface area contributed by atoms with E-state index in [0.29, 0.717) is 5.75 Å². The number of benzene rings is 1. The fourth-order valence-electron chi connectivity index (χ4n) is 1.31. The van der Waals surface area contributed by atoms with Crippen LogP contribution >= 0.6 is 0 Å². The van der Waals surface area contributed by atoms with Gasteiger partial charge in [0.2, 0.25) is 0 Å². The zero-order chi connectivity index (χ0) is 10.8. The fraction of sp³-hybridized carbons (Fsp3) is 0.455. The van der Waals surface area contributed by atoms with Crippen LogP contribution in [0.1, 0.15) is 19.4 Å². The summed E-state index contributed by atoms with van der Waals surface area (Å²) in [6, 6.07) is 7.00. The van der Waals surface area contributed by atoms with E-state index in [1.807, 2.05) is 24.3 Å². The second-order valence-corrected chi connectivity index (χ2v) is 3.64. The lowest BCUT2D eigenvalue weighted by Crippen LogP contribution is -2.40. The highest BCUT2D eigenvalue weighted by molar-refractivity contribution is 5.38. The predicted octanol–water partition coefficient (Wildman–Crippen LogP) is 1.25. The minimum atomic E-state index is -1.06. The van der Waals surface area contributed by atoms with E-state index in [1.54, 1.807) is 21.0 Å². The van der Waals surface area contributed by atoms with Gasteiger partial charge < -0.3 is 15.6 Å². The van der Waals surface area contributed by atoms with E-state index in [4.69, 9.17) is 10.5 Å². The molecule has 0 aromatic heterocycles. The summed E-state index contributed by atoms with van der Waals surface area (Å²) in [7, 11) is 1.58. The van der Waals surface area contributed by atoms with Crippen molar-refractivity contribution in [1.29, 1.82) is 0 Å². The minimum absolute atomic E-state index is 0.348. The maximum atomic E-state index is 10.2. The first-order valence-electron chi connectivity index (χ1n) is 4.61. The molecule has 78 valence electrons. The Labute approximate surface area is 84.5 Å². The molecule has 0 aliphatic carbocycles. The third kappa shape index (κ3) is 1.89. The number of para-hydroxylation sites is 1. The average molecular weight is 195 g/mol. The Hall–Kier alpha value is -1.06. The van der Waals surface area contributed by atoms with Crippen molar-refractivity contribution in [2.24, 2.45) is 5.73 Å². The molecule has 0 saturated carbocycles. The van der Waals surface area contributed by atoms with E-state index < -0.39 is 5.60 Å². The lowest BCUT2D eigenvalue weighted by Gasteiger charge is -2.29. The Morgan fingerprint density at radius 2 is 2.00 bits per heavy atom. The summed E-state index contributed by atoms with van der Waals surface area (Å²) in [5.41, 5.74) is 5.38. The first kappa shape index (κ1) is 11.0. The molecule has 0 bridgehead atoms. The van der Waals surface area contributed by atoms with Crippen LogP contribution in [-0.2, 0) is 5.60 Å². The number of methoxy groups -OCH3 is 1. The summed E-state index contributed by atoms with van der Waals surface area (Å²) >= 11 is 0. The van der Waals surface area contributed by atoms with Crippen LogP contribution in [0.15, 0.2) is 24.3 Å². The van der Waals surface area contributed by atoms with Crippen LogP contribution < -0.4 is 10.5 Å². The van der Waals surface area contributed by atoms with Gasteiger partial charge in [0.05, 0.1) is 7.11 Å². The van der Waals surface area contributed by atoms with Gasteiger partial charge in [-0.3, -0.25) is 0 Å². The number of aliphatic hydroxyl groups is 1. The van der Waals surface area contributed by atoms with E-state index in [2.05, 4.69) is 0 Å². The van der Waals surface area contributed by atoms with E-state index in [-0.39, 0.29) is 6.04 Å². The molecular formula is C11H17NO2. The second kappa shape index (κ2) is 3.98. The first-order valence-corrected chi connectivity index (χ1v) is 4.61. The van der Waals surface area contributed by atoms with Gasteiger partial charge in [-0.15, -0.1) is 0 Å². The Morgan fingerprint density at radius 1 is 1.43 bits per heavy atom. The predicted molar refractivity (Wildman–Crippen MR) is 56.2 cm³/mol. The first-order chi connectivity index (χ1) is 6.50. The van der Waals surface area contributed by atoms with Crippen molar-refractivity contribution in [3.63, 3.8) is 0 Å². The van der Waals surface area contributed by atoms with Gasteiger partial charge >= 0.3 is 0 Å². The molecule has 3 heteroatoms. The minimum Gasteiger partial charge on any atom is -0.496 e. The van der Waals surface area contributed by atoms with Gasteiger partial charge in [0.15, 0.2) is 0 Å². The zero-order valence-corrected chi connectivity index (χ0v) is 8.82. The molecular weight excluding hydrogens is 178 g/mol. The quantitative estimate of drug-likeness (QED) is 0.763. The Bertz CT molecular complexity index is 308. The summed E-state index contributed by atoms with van der Waals surface area (Å²) in [6.45, 7) is 3.46. The van der Waals surface area contributed by atoms with Crippen molar-refractivity contribution < 1.29 is 9.84 Å². The molecule has 0 spiro atoms. The Balaban J connectivity index is 3.17. The average Bonchev–Trinajstić information content (AvgIpc) is 2.17. The molecule has 1 aromatic rings. The Morgan fingerprint density at radius 3 is 2.50 bits per heavy atom. The molecule has 1 rings (SSSR count). The molecule has 0 aliphatic heterocycles.